The molecule has 0 aliphatic carbocycles. The number of halogens is 4. The quantitative estimate of drug-likeness (QED) is 0.855. The van der Waals surface area contributed by atoms with Gasteiger partial charge in [-0.2, -0.15) is 0 Å². The van der Waals surface area contributed by atoms with Crippen molar-refractivity contribution in [1.29, 1.82) is 0 Å². The fourth-order valence-corrected chi connectivity index (χ4v) is 2.04. The van der Waals surface area contributed by atoms with Crippen LogP contribution in [0.4, 0.5) is 8.78 Å². The second-order valence-corrected chi connectivity index (χ2v) is 5.01. The van der Waals surface area contributed by atoms with E-state index in [2.05, 4.69) is 0 Å². The highest BCUT2D eigenvalue weighted by molar-refractivity contribution is 6.42. The predicted molar refractivity (Wildman–Crippen MR) is 71.6 cm³/mol. The van der Waals surface area contributed by atoms with Crippen molar-refractivity contribution in [3.8, 4) is 0 Å². The molecule has 2 aromatic rings. The Bertz CT molecular complexity index is 629. The Kier molecular flexibility index (Phi) is 4.09. The van der Waals surface area contributed by atoms with Gasteiger partial charge in [-0.3, -0.25) is 0 Å². The fraction of sp³-hybridized carbons (Fsp3) is 0.143. The number of aliphatic hydroxyl groups is 1. The van der Waals surface area contributed by atoms with Gasteiger partial charge < -0.3 is 5.11 Å². The summed E-state index contributed by atoms with van der Waals surface area (Å²) < 4.78 is 27.2. The van der Waals surface area contributed by atoms with Crippen molar-refractivity contribution in [1.82, 2.24) is 0 Å². The summed E-state index contributed by atoms with van der Waals surface area (Å²) in [6, 6.07) is 6.45. The fourth-order valence-electron chi connectivity index (χ4n) is 1.73. The molecular weight excluding hydrogens is 293 g/mol. The Hall–Kier alpha value is -1.16. The van der Waals surface area contributed by atoms with Crippen LogP contribution >= 0.6 is 23.2 Å². The molecule has 1 N–H and O–H groups in total. The van der Waals surface area contributed by atoms with Gasteiger partial charge >= 0.3 is 0 Å². The van der Waals surface area contributed by atoms with Crippen LogP contribution in [-0.2, 0) is 0 Å². The van der Waals surface area contributed by atoms with Crippen LogP contribution in [0, 0.1) is 18.6 Å². The third kappa shape index (κ3) is 2.89. The summed E-state index contributed by atoms with van der Waals surface area (Å²) in [7, 11) is 0. The van der Waals surface area contributed by atoms with Gasteiger partial charge in [0, 0.05) is 5.56 Å². The largest absolute Gasteiger partial charge is 0.384 e. The Morgan fingerprint density at radius 1 is 1.00 bits per heavy atom. The second-order valence-electron chi connectivity index (χ2n) is 4.20. The van der Waals surface area contributed by atoms with Crippen LogP contribution in [0.3, 0.4) is 0 Å². The van der Waals surface area contributed by atoms with Gasteiger partial charge in [0.25, 0.3) is 0 Å². The van der Waals surface area contributed by atoms with Gasteiger partial charge in [0.15, 0.2) is 0 Å². The summed E-state index contributed by atoms with van der Waals surface area (Å²) in [4.78, 5) is 0. The van der Waals surface area contributed by atoms with E-state index in [1.54, 1.807) is 0 Å². The van der Waals surface area contributed by atoms with Crippen molar-refractivity contribution in [3.63, 3.8) is 0 Å². The lowest BCUT2D eigenvalue weighted by atomic mass is 9.99. The first-order valence-electron chi connectivity index (χ1n) is 5.48. The van der Waals surface area contributed by atoms with Gasteiger partial charge in [-0.1, -0.05) is 29.3 Å². The van der Waals surface area contributed by atoms with E-state index in [9.17, 15) is 13.9 Å². The van der Waals surface area contributed by atoms with Crippen LogP contribution in [-0.4, -0.2) is 5.11 Å². The monoisotopic (exact) mass is 302 g/mol. The van der Waals surface area contributed by atoms with E-state index in [-0.39, 0.29) is 16.1 Å². The molecule has 0 bridgehead atoms. The molecular formula is C14H10Cl2F2O. The van der Waals surface area contributed by atoms with Crippen molar-refractivity contribution in [3.05, 3.63) is 68.7 Å². The van der Waals surface area contributed by atoms with Crippen molar-refractivity contribution >= 4 is 23.2 Å². The van der Waals surface area contributed by atoms with E-state index >= 15 is 0 Å². The van der Waals surface area contributed by atoms with Crippen LogP contribution in [0.15, 0.2) is 30.3 Å². The van der Waals surface area contributed by atoms with Crippen LogP contribution in [0.5, 0.6) is 0 Å². The molecule has 0 aromatic heterocycles. The van der Waals surface area contributed by atoms with Crippen molar-refractivity contribution in [2.75, 3.05) is 0 Å². The topological polar surface area (TPSA) is 20.2 Å². The van der Waals surface area contributed by atoms with E-state index in [4.69, 9.17) is 23.2 Å². The number of hydrogen-bond acceptors (Lipinski definition) is 1. The van der Waals surface area contributed by atoms with Gasteiger partial charge in [-0.15, -0.1) is 0 Å². The molecule has 0 amide bonds. The van der Waals surface area contributed by atoms with Gasteiger partial charge in [-0.05, 0) is 42.3 Å². The minimum absolute atomic E-state index is 0.138. The number of aliphatic hydroxyl groups excluding tert-OH is 1. The minimum atomic E-state index is -1.30. The van der Waals surface area contributed by atoms with E-state index in [1.807, 2.05) is 0 Å². The van der Waals surface area contributed by atoms with E-state index in [0.717, 1.165) is 12.1 Å². The second kappa shape index (κ2) is 5.45. The summed E-state index contributed by atoms with van der Waals surface area (Å²) in [6.45, 7) is 1.45. The molecule has 0 heterocycles. The molecule has 0 saturated carbocycles. The van der Waals surface area contributed by atoms with Crippen LogP contribution in [0.1, 0.15) is 22.8 Å². The SMILES string of the molecule is Cc1cc(F)c(C(O)c2ccc(Cl)c(Cl)c2)cc1F. The Morgan fingerprint density at radius 3 is 2.32 bits per heavy atom. The zero-order valence-electron chi connectivity index (χ0n) is 9.92. The summed E-state index contributed by atoms with van der Waals surface area (Å²) in [6.07, 6.45) is -1.30. The lowest BCUT2D eigenvalue weighted by Crippen LogP contribution is -2.04. The summed E-state index contributed by atoms with van der Waals surface area (Å²) in [5.74, 6) is -1.24. The zero-order chi connectivity index (χ0) is 14.2. The van der Waals surface area contributed by atoms with Gasteiger partial charge in [0.2, 0.25) is 0 Å². The molecule has 2 rings (SSSR count). The van der Waals surface area contributed by atoms with Crippen LogP contribution in [0.25, 0.3) is 0 Å². The smallest absolute Gasteiger partial charge is 0.129 e. The number of aryl methyl sites for hydroxylation is 1. The van der Waals surface area contributed by atoms with Gasteiger partial charge in [0.1, 0.15) is 17.7 Å². The third-order valence-electron chi connectivity index (χ3n) is 2.83. The molecule has 5 heteroatoms. The zero-order valence-corrected chi connectivity index (χ0v) is 11.4. The third-order valence-corrected chi connectivity index (χ3v) is 3.57. The molecule has 1 nitrogen and oxygen atoms in total. The van der Waals surface area contributed by atoms with Crippen LogP contribution in [0.2, 0.25) is 10.0 Å². The lowest BCUT2D eigenvalue weighted by molar-refractivity contribution is 0.214. The molecule has 19 heavy (non-hydrogen) atoms. The highest BCUT2D eigenvalue weighted by atomic mass is 35.5. The molecule has 0 radical (unpaired) electrons. The van der Waals surface area contributed by atoms with Crippen molar-refractivity contribution < 1.29 is 13.9 Å². The lowest BCUT2D eigenvalue weighted by Gasteiger charge is -2.14. The maximum Gasteiger partial charge on any atom is 0.129 e. The number of rotatable bonds is 2. The predicted octanol–water partition coefficient (Wildman–Crippen LogP) is 4.66. The first-order chi connectivity index (χ1) is 8.90. The summed E-state index contributed by atoms with van der Waals surface area (Å²) >= 11 is 11.6. The standard InChI is InChI=1S/C14H10Cl2F2O/c1-7-4-13(18)9(6-12(7)17)14(19)8-2-3-10(15)11(16)5-8/h2-6,14,19H,1H3. The molecule has 0 aliphatic heterocycles. The normalized spacial score (nSPS) is 12.5. The Morgan fingerprint density at radius 2 is 1.68 bits per heavy atom. The molecule has 0 spiro atoms. The number of hydrogen-bond donors (Lipinski definition) is 1. The van der Waals surface area contributed by atoms with E-state index in [1.165, 1.54) is 25.1 Å². The maximum atomic E-state index is 13.8. The minimum Gasteiger partial charge on any atom is -0.384 e. The summed E-state index contributed by atoms with van der Waals surface area (Å²) in [5, 5.41) is 10.7. The van der Waals surface area contributed by atoms with Gasteiger partial charge in [-0.25, -0.2) is 8.78 Å². The van der Waals surface area contributed by atoms with E-state index in [0.29, 0.717) is 10.6 Å². The maximum absolute atomic E-state index is 13.8. The van der Waals surface area contributed by atoms with Crippen molar-refractivity contribution in [2.45, 2.75) is 13.0 Å². The molecule has 1 atom stereocenters. The molecule has 100 valence electrons. The average molecular weight is 303 g/mol. The molecule has 1 unspecified atom stereocenters. The highest BCUT2D eigenvalue weighted by Gasteiger charge is 2.18. The first kappa shape index (κ1) is 14.3. The van der Waals surface area contributed by atoms with Gasteiger partial charge in [0.05, 0.1) is 10.0 Å². The molecule has 0 aliphatic rings. The molecule has 0 saturated heterocycles. The molecule has 2 aromatic carbocycles. The first-order valence-corrected chi connectivity index (χ1v) is 6.24. The Balaban J connectivity index is 2.46. The van der Waals surface area contributed by atoms with Crippen LogP contribution < -0.4 is 0 Å². The number of benzene rings is 2. The summed E-state index contributed by atoms with van der Waals surface area (Å²) in [5.41, 5.74) is 0.389. The Labute approximate surface area is 119 Å². The molecule has 0 fully saturated rings. The van der Waals surface area contributed by atoms with Crippen molar-refractivity contribution in [2.24, 2.45) is 0 Å². The van der Waals surface area contributed by atoms with E-state index < -0.39 is 17.7 Å². The average Bonchev–Trinajstić information content (AvgIpc) is 2.36. The highest BCUT2D eigenvalue weighted by Crippen LogP contribution is 2.30.